The molecule has 1 amide bonds. The fraction of sp³-hybridized carbons (Fsp3) is 0.364. The first-order chi connectivity index (χ1) is 6.59. The fourth-order valence-electron chi connectivity index (χ4n) is 1.05. The Morgan fingerprint density at radius 2 is 2.21 bits per heavy atom. The average molecular weight is 209 g/mol. The van der Waals surface area contributed by atoms with Crippen molar-refractivity contribution in [2.75, 3.05) is 6.54 Å². The number of amides is 1. The lowest BCUT2D eigenvalue weighted by atomic mass is 10.2. The number of carbonyl (C=O) groups excluding carboxylic acids is 1. The van der Waals surface area contributed by atoms with Crippen molar-refractivity contribution in [3.05, 3.63) is 29.8 Å². The van der Waals surface area contributed by atoms with Crippen LogP contribution in [0.3, 0.4) is 0 Å². The smallest absolute Gasteiger partial charge is 0.251 e. The van der Waals surface area contributed by atoms with E-state index in [-0.39, 0.29) is 5.91 Å². The molecule has 1 N–H and O–H groups in total. The topological polar surface area (TPSA) is 29.1 Å². The summed E-state index contributed by atoms with van der Waals surface area (Å²) in [5, 5.41) is 2.85. The number of carbonyl (C=O) groups is 1. The van der Waals surface area contributed by atoms with Gasteiger partial charge in [0.15, 0.2) is 0 Å². The van der Waals surface area contributed by atoms with Gasteiger partial charge in [-0.25, -0.2) is 0 Å². The zero-order chi connectivity index (χ0) is 10.6. The Balaban J connectivity index is 2.61. The summed E-state index contributed by atoms with van der Waals surface area (Å²) >= 11 is 4.18. The van der Waals surface area contributed by atoms with Crippen LogP contribution in [0.15, 0.2) is 29.2 Å². The van der Waals surface area contributed by atoms with Gasteiger partial charge in [-0.05, 0) is 24.1 Å². The zero-order valence-corrected chi connectivity index (χ0v) is 9.34. The first-order valence-electron chi connectivity index (χ1n) is 4.67. The number of hydrogen-bond donors (Lipinski definition) is 2. The molecular formula is C11H15NOS. The molecule has 0 saturated carbocycles. The van der Waals surface area contributed by atoms with Crippen molar-refractivity contribution in [1.82, 2.24) is 5.32 Å². The largest absolute Gasteiger partial charge is 0.352 e. The molecule has 0 bridgehead atoms. The second-order valence-electron chi connectivity index (χ2n) is 3.65. The molecule has 1 rings (SSSR count). The third kappa shape index (κ3) is 3.42. The Hall–Kier alpha value is -0.960. The van der Waals surface area contributed by atoms with Crippen LogP contribution in [0.4, 0.5) is 0 Å². The van der Waals surface area contributed by atoms with Crippen molar-refractivity contribution in [2.24, 2.45) is 5.92 Å². The van der Waals surface area contributed by atoms with Gasteiger partial charge < -0.3 is 5.32 Å². The van der Waals surface area contributed by atoms with Gasteiger partial charge >= 0.3 is 0 Å². The molecule has 0 fully saturated rings. The Bertz CT molecular complexity index is 323. The van der Waals surface area contributed by atoms with Gasteiger partial charge in [-0.3, -0.25) is 4.79 Å². The lowest BCUT2D eigenvalue weighted by Gasteiger charge is -2.07. The Labute approximate surface area is 90.1 Å². The van der Waals surface area contributed by atoms with E-state index in [9.17, 15) is 4.79 Å². The van der Waals surface area contributed by atoms with Crippen molar-refractivity contribution >= 4 is 18.5 Å². The van der Waals surface area contributed by atoms with Gasteiger partial charge in [0.25, 0.3) is 5.91 Å². The van der Waals surface area contributed by atoms with Gasteiger partial charge in [0.05, 0.1) is 0 Å². The predicted molar refractivity (Wildman–Crippen MR) is 60.9 cm³/mol. The van der Waals surface area contributed by atoms with Crippen LogP contribution in [0.25, 0.3) is 0 Å². The monoisotopic (exact) mass is 209 g/mol. The van der Waals surface area contributed by atoms with Crippen LogP contribution >= 0.6 is 12.6 Å². The van der Waals surface area contributed by atoms with E-state index in [0.717, 1.165) is 4.90 Å². The third-order valence-electron chi connectivity index (χ3n) is 1.78. The molecule has 76 valence electrons. The molecule has 3 heteroatoms. The summed E-state index contributed by atoms with van der Waals surface area (Å²) in [6, 6.07) is 7.23. The highest BCUT2D eigenvalue weighted by molar-refractivity contribution is 7.80. The zero-order valence-electron chi connectivity index (χ0n) is 8.45. The minimum absolute atomic E-state index is 0.0328. The summed E-state index contributed by atoms with van der Waals surface area (Å²) in [6.45, 7) is 4.83. The molecular weight excluding hydrogens is 194 g/mol. The van der Waals surface area contributed by atoms with Crippen LogP contribution in [0, 0.1) is 5.92 Å². The molecule has 0 heterocycles. The van der Waals surface area contributed by atoms with E-state index in [1.807, 2.05) is 12.1 Å². The number of hydrogen-bond acceptors (Lipinski definition) is 2. The second-order valence-corrected chi connectivity index (χ2v) is 4.17. The van der Waals surface area contributed by atoms with E-state index >= 15 is 0 Å². The Morgan fingerprint density at radius 1 is 1.50 bits per heavy atom. The molecule has 2 nitrogen and oxygen atoms in total. The molecule has 1 aromatic carbocycles. The van der Waals surface area contributed by atoms with E-state index in [1.165, 1.54) is 0 Å². The second kappa shape index (κ2) is 5.05. The quantitative estimate of drug-likeness (QED) is 0.735. The van der Waals surface area contributed by atoms with Gasteiger partial charge in [-0.15, -0.1) is 12.6 Å². The van der Waals surface area contributed by atoms with Gasteiger partial charge in [0, 0.05) is 17.0 Å². The molecule has 0 atom stereocenters. The molecule has 0 spiro atoms. The molecule has 0 saturated heterocycles. The summed E-state index contributed by atoms with van der Waals surface area (Å²) in [6.07, 6.45) is 0. The SMILES string of the molecule is CC(C)CNC(=O)c1cccc(S)c1. The minimum atomic E-state index is -0.0328. The van der Waals surface area contributed by atoms with Crippen LogP contribution in [-0.4, -0.2) is 12.5 Å². The molecule has 0 unspecified atom stereocenters. The standard InChI is InChI=1S/C11H15NOS/c1-8(2)7-12-11(13)9-4-3-5-10(14)6-9/h3-6,8,14H,7H2,1-2H3,(H,12,13). The van der Waals surface area contributed by atoms with E-state index in [2.05, 4.69) is 31.8 Å². The lowest BCUT2D eigenvalue weighted by molar-refractivity contribution is 0.0949. The first kappa shape index (κ1) is 11.1. The Kier molecular flexibility index (Phi) is 4.01. The van der Waals surface area contributed by atoms with Crippen molar-refractivity contribution in [2.45, 2.75) is 18.7 Å². The first-order valence-corrected chi connectivity index (χ1v) is 5.11. The van der Waals surface area contributed by atoms with Crippen molar-refractivity contribution in [1.29, 1.82) is 0 Å². The normalized spacial score (nSPS) is 10.3. The van der Waals surface area contributed by atoms with Crippen molar-refractivity contribution < 1.29 is 4.79 Å². The maximum Gasteiger partial charge on any atom is 0.251 e. The summed E-state index contributed by atoms with van der Waals surface area (Å²) in [5.74, 6) is 0.438. The molecule has 0 aliphatic carbocycles. The highest BCUT2D eigenvalue weighted by Gasteiger charge is 2.05. The molecule has 0 aromatic heterocycles. The number of rotatable bonds is 3. The van der Waals surface area contributed by atoms with Crippen LogP contribution in [0.2, 0.25) is 0 Å². The summed E-state index contributed by atoms with van der Waals surface area (Å²) in [4.78, 5) is 12.4. The third-order valence-corrected chi connectivity index (χ3v) is 2.06. The molecule has 1 aromatic rings. The predicted octanol–water partition coefficient (Wildman–Crippen LogP) is 2.36. The number of benzene rings is 1. The van der Waals surface area contributed by atoms with E-state index in [1.54, 1.807) is 12.1 Å². The van der Waals surface area contributed by atoms with Crippen molar-refractivity contribution in [3.63, 3.8) is 0 Å². The molecule has 14 heavy (non-hydrogen) atoms. The van der Waals surface area contributed by atoms with Crippen LogP contribution < -0.4 is 5.32 Å². The number of nitrogens with one attached hydrogen (secondary N) is 1. The van der Waals surface area contributed by atoms with Crippen LogP contribution in [0.1, 0.15) is 24.2 Å². The maximum atomic E-state index is 11.6. The van der Waals surface area contributed by atoms with E-state index in [4.69, 9.17) is 0 Å². The van der Waals surface area contributed by atoms with Gasteiger partial charge in [0.1, 0.15) is 0 Å². The summed E-state index contributed by atoms with van der Waals surface area (Å²) in [7, 11) is 0. The summed E-state index contributed by atoms with van der Waals surface area (Å²) in [5.41, 5.74) is 0.665. The average Bonchev–Trinajstić information content (AvgIpc) is 2.14. The highest BCUT2D eigenvalue weighted by Crippen LogP contribution is 2.08. The van der Waals surface area contributed by atoms with E-state index in [0.29, 0.717) is 18.0 Å². The minimum Gasteiger partial charge on any atom is -0.352 e. The highest BCUT2D eigenvalue weighted by atomic mass is 32.1. The van der Waals surface area contributed by atoms with Gasteiger partial charge in [-0.2, -0.15) is 0 Å². The van der Waals surface area contributed by atoms with E-state index < -0.39 is 0 Å². The Morgan fingerprint density at radius 3 is 2.79 bits per heavy atom. The van der Waals surface area contributed by atoms with Gasteiger partial charge in [-0.1, -0.05) is 19.9 Å². The number of thiol groups is 1. The van der Waals surface area contributed by atoms with Crippen molar-refractivity contribution in [3.8, 4) is 0 Å². The lowest BCUT2D eigenvalue weighted by Crippen LogP contribution is -2.27. The molecule has 0 radical (unpaired) electrons. The van der Waals surface area contributed by atoms with Crippen LogP contribution in [-0.2, 0) is 0 Å². The fourth-order valence-corrected chi connectivity index (χ4v) is 1.27. The molecule has 0 aliphatic heterocycles. The summed E-state index contributed by atoms with van der Waals surface area (Å²) < 4.78 is 0. The molecule has 0 aliphatic rings. The van der Waals surface area contributed by atoms with Crippen LogP contribution in [0.5, 0.6) is 0 Å². The van der Waals surface area contributed by atoms with Gasteiger partial charge in [0.2, 0.25) is 0 Å². The maximum absolute atomic E-state index is 11.6.